The van der Waals surface area contributed by atoms with Gasteiger partial charge in [0.25, 0.3) is 5.91 Å². The van der Waals surface area contributed by atoms with Gasteiger partial charge < -0.3 is 19.9 Å². The van der Waals surface area contributed by atoms with Gasteiger partial charge in [-0.1, -0.05) is 11.6 Å². The molecule has 1 aliphatic heterocycles. The SMILES string of the molecule is COC1(CNC(=O)c2ccc(O)c(Cl)c2)CCOC1. The molecule has 1 unspecified atom stereocenters. The highest BCUT2D eigenvalue weighted by Gasteiger charge is 2.35. The molecule has 1 saturated heterocycles. The molecule has 1 amide bonds. The van der Waals surface area contributed by atoms with Crippen molar-refractivity contribution in [3.63, 3.8) is 0 Å². The number of ether oxygens (including phenoxy) is 2. The molecule has 1 atom stereocenters. The van der Waals surface area contributed by atoms with E-state index in [0.29, 0.717) is 25.3 Å². The van der Waals surface area contributed by atoms with Crippen molar-refractivity contribution in [2.24, 2.45) is 0 Å². The number of methoxy groups -OCH3 is 1. The third-order valence-electron chi connectivity index (χ3n) is 3.28. The molecule has 0 aliphatic carbocycles. The second-order valence-electron chi connectivity index (χ2n) is 4.54. The Balaban J connectivity index is 1.99. The number of rotatable bonds is 4. The fourth-order valence-electron chi connectivity index (χ4n) is 1.95. The fraction of sp³-hybridized carbons (Fsp3) is 0.462. The number of carbonyl (C=O) groups is 1. The molecule has 1 aliphatic rings. The van der Waals surface area contributed by atoms with Crippen LogP contribution in [0.5, 0.6) is 5.75 Å². The molecule has 1 aromatic carbocycles. The largest absolute Gasteiger partial charge is 0.506 e. The van der Waals surface area contributed by atoms with E-state index in [0.717, 1.165) is 6.42 Å². The van der Waals surface area contributed by atoms with Crippen molar-refractivity contribution in [1.82, 2.24) is 5.32 Å². The maximum Gasteiger partial charge on any atom is 0.251 e. The van der Waals surface area contributed by atoms with Gasteiger partial charge in [0, 0.05) is 32.2 Å². The first-order valence-corrected chi connectivity index (χ1v) is 6.34. The molecule has 1 fully saturated rings. The maximum absolute atomic E-state index is 12.0. The van der Waals surface area contributed by atoms with Crippen LogP contribution in [-0.2, 0) is 9.47 Å². The Labute approximate surface area is 116 Å². The fourth-order valence-corrected chi connectivity index (χ4v) is 2.13. The maximum atomic E-state index is 12.0. The van der Waals surface area contributed by atoms with E-state index >= 15 is 0 Å². The minimum Gasteiger partial charge on any atom is -0.506 e. The molecule has 0 radical (unpaired) electrons. The van der Waals surface area contributed by atoms with Gasteiger partial charge in [-0.05, 0) is 18.2 Å². The van der Waals surface area contributed by atoms with E-state index in [4.69, 9.17) is 21.1 Å². The monoisotopic (exact) mass is 285 g/mol. The Hall–Kier alpha value is -1.30. The predicted molar refractivity (Wildman–Crippen MR) is 70.6 cm³/mol. The summed E-state index contributed by atoms with van der Waals surface area (Å²) in [6.07, 6.45) is 0.750. The normalized spacial score (nSPS) is 22.4. The van der Waals surface area contributed by atoms with Crippen LogP contribution in [0.3, 0.4) is 0 Å². The summed E-state index contributed by atoms with van der Waals surface area (Å²) in [5.74, 6) is -0.305. The van der Waals surface area contributed by atoms with Gasteiger partial charge in [0.05, 0.1) is 11.6 Å². The highest BCUT2D eigenvalue weighted by atomic mass is 35.5. The van der Waals surface area contributed by atoms with Crippen molar-refractivity contribution in [2.45, 2.75) is 12.0 Å². The molecule has 5 nitrogen and oxygen atoms in total. The van der Waals surface area contributed by atoms with Crippen LogP contribution >= 0.6 is 11.6 Å². The lowest BCUT2D eigenvalue weighted by Crippen LogP contribution is -2.45. The molecule has 6 heteroatoms. The predicted octanol–water partition coefficient (Wildman–Crippen LogP) is 1.58. The third kappa shape index (κ3) is 3.18. The number of amides is 1. The molecule has 0 aromatic heterocycles. The summed E-state index contributed by atoms with van der Waals surface area (Å²) in [6.45, 7) is 1.48. The molecule has 0 saturated carbocycles. The van der Waals surface area contributed by atoms with Crippen LogP contribution in [0.15, 0.2) is 18.2 Å². The van der Waals surface area contributed by atoms with Crippen molar-refractivity contribution in [3.8, 4) is 5.75 Å². The average Bonchev–Trinajstić information content (AvgIpc) is 2.89. The quantitative estimate of drug-likeness (QED) is 0.881. The van der Waals surface area contributed by atoms with Crippen LogP contribution in [0.25, 0.3) is 0 Å². The van der Waals surface area contributed by atoms with Crippen LogP contribution in [-0.4, -0.2) is 43.5 Å². The number of hydrogen-bond acceptors (Lipinski definition) is 4. The van der Waals surface area contributed by atoms with Crippen LogP contribution in [0.2, 0.25) is 5.02 Å². The highest BCUT2D eigenvalue weighted by Crippen LogP contribution is 2.24. The van der Waals surface area contributed by atoms with Crippen molar-refractivity contribution >= 4 is 17.5 Å². The van der Waals surface area contributed by atoms with Crippen molar-refractivity contribution in [2.75, 3.05) is 26.9 Å². The molecule has 104 valence electrons. The van der Waals surface area contributed by atoms with Gasteiger partial charge in [-0.25, -0.2) is 0 Å². The number of nitrogens with one attached hydrogen (secondary N) is 1. The minimum absolute atomic E-state index is 0.0456. The minimum atomic E-state index is -0.448. The summed E-state index contributed by atoms with van der Waals surface area (Å²) in [6, 6.07) is 4.33. The molecule has 2 N–H and O–H groups in total. The molecule has 19 heavy (non-hydrogen) atoms. The number of phenols is 1. The first-order chi connectivity index (χ1) is 9.06. The molecule has 2 rings (SSSR count). The van der Waals surface area contributed by atoms with Gasteiger partial charge in [-0.2, -0.15) is 0 Å². The van der Waals surface area contributed by atoms with E-state index in [1.807, 2.05) is 0 Å². The Bertz CT molecular complexity index is 472. The molecular formula is C13H16ClNO4. The second-order valence-corrected chi connectivity index (χ2v) is 4.95. The van der Waals surface area contributed by atoms with Gasteiger partial charge >= 0.3 is 0 Å². The smallest absolute Gasteiger partial charge is 0.251 e. The number of carbonyl (C=O) groups excluding carboxylic acids is 1. The summed E-state index contributed by atoms with van der Waals surface area (Å²) in [5.41, 5.74) is -0.0518. The van der Waals surface area contributed by atoms with E-state index < -0.39 is 5.60 Å². The van der Waals surface area contributed by atoms with Crippen LogP contribution in [0.1, 0.15) is 16.8 Å². The van der Waals surface area contributed by atoms with Crippen LogP contribution in [0.4, 0.5) is 0 Å². The van der Waals surface area contributed by atoms with Gasteiger partial charge in [-0.3, -0.25) is 4.79 Å². The van der Waals surface area contributed by atoms with E-state index in [9.17, 15) is 9.90 Å². The zero-order chi connectivity index (χ0) is 13.9. The first kappa shape index (κ1) is 14.1. The van der Waals surface area contributed by atoms with Gasteiger partial charge in [0.15, 0.2) is 0 Å². The lowest BCUT2D eigenvalue weighted by atomic mass is 10.0. The van der Waals surface area contributed by atoms with Crippen molar-refractivity contribution in [3.05, 3.63) is 28.8 Å². The second kappa shape index (κ2) is 5.77. The first-order valence-electron chi connectivity index (χ1n) is 5.96. The summed E-state index contributed by atoms with van der Waals surface area (Å²) in [4.78, 5) is 12.0. The molecule has 1 heterocycles. The van der Waals surface area contributed by atoms with Gasteiger partial charge in [0.2, 0.25) is 0 Å². The van der Waals surface area contributed by atoms with E-state index in [1.54, 1.807) is 7.11 Å². The van der Waals surface area contributed by atoms with Crippen LogP contribution < -0.4 is 5.32 Å². The number of phenolic OH excluding ortho intramolecular Hbond substituents is 1. The van der Waals surface area contributed by atoms with E-state index in [1.165, 1.54) is 18.2 Å². The Morgan fingerprint density at radius 1 is 1.63 bits per heavy atom. The molecule has 0 bridgehead atoms. The zero-order valence-electron chi connectivity index (χ0n) is 10.6. The summed E-state index contributed by atoms with van der Waals surface area (Å²) >= 11 is 5.77. The number of hydrogen-bond donors (Lipinski definition) is 2. The summed E-state index contributed by atoms with van der Waals surface area (Å²) in [5, 5.41) is 12.3. The number of halogens is 1. The van der Waals surface area contributed by atoms with Gasteiger partial charge in [0.1, 0.15) is 11.4 Å². The van der Waals surface area contributed by atoms with Crippen LogP contribution in [0, 0.1) is 0 Å². The summed E-state index contributed by atoms with van der Waals surface area (Å²) in [7, 11) is 1.61. The molecule has 0 spiro atoms. The van der Waals surface area contributed by atoms with Crippen molar-refractivity contribution in [1.29, 1.82) is 0 Å². The highest BCUT2D eigenvalue weighted by molar-refractivity contribution is 6.32. The van der Waals surface area contributed by atoms with E-state index in [-0.39, 0.29) is 16.7 Å². The lowest BCUT2D eigenvalue weighted by Gasteiger charge is -2.25. The van der Waals surface area contributed by atoms with Gasteiger partial charge in [-0.15, -0.1) is 0 Å². The summed E-state index contributed by atoms with van der Waals surface area (Å²) < 4.78 is 10.7. The van der Waals surface area contributed by atoms with Crippen molar-refractivity contribution < 1.29 is 19.4 Å². The molecular weight excluding hydrogens is 270 g/mol. The Kier molecular flexibility index (Phi) is 4.29. The Morgan fingerprint density at radius 2 is 2.42 bits per heavy atom. The average molecular weight is 286 g/mol. The zero-order valence-corrected chi connectivity index (χ0v) is 11.4. The molecule has 1 aromatic rings. The standard InChI is InChI=1S/C13H16ClNO4/c1-18-13(4-5-19-8-13)7-15-12(17)9-2-3-11(16)10(14)6-9/h2-3,6,16H,4-5,7-8H2,1H3,(H,15,17). The number of benzene rings is 1. The Morgan fingerprint density at radius 3 is 3.00 bits per heavy atom. The number of aromatic hydroxyl groups is 1. The van der Waals surface area contributed by atoms with E-state index in [2.05, 4.69) is 5.32 Å². The topological polar surface area (TPSA) is 67.8 Å². The third-order valence-corrected chi connectivity index (χ3v) is 3.58. The lowest BCUT2D eigenvalue weighted by molar-refractivity contribution is -0.0148.